The first-order valence-electron chi connectivity index (χ1n) is 5.51. The van der Waals surface area contributed by atoms with Gasteiger partial charge in [0.25, 0.3) is 10.0 Å². The molecule has 0 fully saturated rings. The second-order valence-corrected chi connectivity index (χ2v) is 7.34. The maximum absolute atomic E-state index is 12.3. The van der Waals surface area contributed by atoms with E-state index < -0.39 is 10.0 Å². The van der Waals surface area contributed by atoms with Gasteiger partial charge in [-0.05, 0) is 36.4 Å². The van der Waals surface area contributed by atoms with Crippen molar-refractivity contribution in [1.82, 2.24) is 0 Å². The number of rotatable bonds is 3. The lowest BCUT2D eigenvalue weighted by Gasteiger charge is -2.11. The number of benzene rings is 2. The lowest BCUT2D eigenvalue weighted by molar-refractivity contribution is 0.601. The highest BCUT2D eigenvalue weighted by molar-refractivity contribution is 9.10. The molecule has 0 amide bonds. The van der Waals surface area contributed by atoms with E-state index in [-0.39, 0.29) is 14.9 Å². The van der Waals surface area contributed by atoms with Crippen LogP contribution in [0.2, 0.25) is 10.0 Å². The zero-order valence-corrected chi connectivity index (χ0v) is 14.2. The Kier molecular flexibility index (Phi) is 4.79. The second kappa shape index (κ2) is 6.24. The standard InChI is InChI=1S/C13H7BrCl2N2O2S/c14-9-5-11(15)13(12(16)6-9)21(19,20)18-10-3-1-8(7-17)2-4-10/h1-6,18H. The molecule has 0 spiro atoms. The second-order valence-electron chi connectivity index (χ2n) is 3.99. The van der Waals surface area contributed by atoms with Crippen LogP contribution in [0.15, 0.2) is 45.8 Å². The topological polar surface area (TPSA) is 70.0 Å². The number of sulfonamides is 1. The van der Waals surface area contributed by atoms with Gasteiger partial charge in [-0.25, -0.2) is 8.42 Å². The van der Waals surface area contributed by atoms with Crippen molar-refractivity contribution in [3.8, 4) is 6.07 Å². The first kappa shape index (κ1) is 16.1. The molecule has 0 heterocycles. The van der Waals surface area contributed by atoms with Gasteiger partial charge in [-0.1, -0.05) is 39.1 Å². The molecular weight excluding hydrogens is 399 g/mol. The molecule has 0 aromatic heterocycles. The molecule has 108 valence electrons. The van der Waals surface area contributed by atoms with E-state index in [2.05, 4.69) is 20.7 Å². The summed E-state index contributed by atoms with van der Waals surface area (Å²) in [6, 6.07) is 10.8. The van der Waals surface area contributed by atoms with Gasteiger partial charge in [-0.15, -0.1) is 0 Å². The molecule has 0 aliphatic heterocycles. The van der Waals surface area contributed by atoms with Crippen molar-refractivity contribution in [2.75, 3.05) is 4.72 Å². The molecule has 0 bridgehead atoms. The van der Waals surface area contributed by atoms with Crippen LogP contribution in [-0.2, 0) is 10.0 Å². The van der Waals surface area contributed by atoms with Crippen LogP contribution in [0.1, 0.15) is 5.56 Å². The Hall–Kier alpha value is -1.26. The van der Waals surface area contributed by atoms with Gasteiger partial charge < -0.3 is 0 Å². The molecule has 0 unspecified atom stereocenters. The maximum atomic E-state index is 12.3. The van der Waals surface area contributed by atoms with Crippen molar-refractivity contribution >= 4 is 54.8 Å². The zero-order valence-electron chi connectivity index (χ0n) is 10.3. The van der Waals surface area contributed by atoms with Crippen molar-refractivity contribution in [3.05, 3.63) is 56.5 Å². The van der Waals surface area contributed by atoms with Crippen molar-refractivity contribution in [2.45, 2.75) is 4.90 Å². The fourth-order valence-corrected chi connectivity index (χ4v) is 4.60. The van der Waals surface area contributed by atoms with Crippen LogP contribution in [0.4, 0.5) is 5.69 Å². The lowest BCUT2D eigenvalue weighted by Crippen LogP contribution is -2.14. The third-order valence-corrected chi connectivity index (χ3v) is 5.26. The summed E-state index contributed by atoms with van der Waals surface area (Å²) < 4.78 is 27.6. The molecule has 0 radical (unpaired) electrons. The minimum Gasteiger partial charge on any atom is -0.280 e. The minimum atomic E-state index is -3.93. The Labute approximate surface area is 140 Å². The van der Waals surface area contributed by atoms with E-state index in [4.69, 9.17) is 28.5 Å². The predicted octanol–water partition coefficient (Wildman–Crippen LogP) is 4.43. The normalized spacial score (nSPS) is 11.0. The van der Waals surface area contributed by atoms with E-state index in [1.165, 1.54) is 36.4 Å². The summed E-state index contributed by atoms with van der Waals surface area (Å²) in [5, 5.41) is 8.73. The molecule has 0 aliphatic carbocycles. The Bertz CT molecular complexity index is 807. The smallest absolute Gasteiger partial charge is 0.264 e. The number of nitrogens with one attached hydrogen (secondary N) is 1. The van der Waals surface area contributed by atoms with Gasteiger partial charge in [-0.3, -0.25) is 4.72 Å². The first-order valence-corrected chi connectivity index (χ1v) is 8.54. The van der Waals surface area contributed by atoms with Crippen molar-refractivity contribution in [1.29, 1.82) is 5.26 Å². The summed E-state index contributed by atoms with van der Waals surface area (Å²) in [5.74, 6) is 0. The SMILES string of the molecule is N#Cc1ccc(NS(=O)(=O)c2c(Cl)cc(Br)cc2Cl)cc1. The number of nitrogens with zero attached hydrogens (tertiary/aromatic N) is 1. The molecule has 2 aromatic rings. The van der Waals surface area contributed by atoms with E-state index in [1.807, 2.05) is 6.07 Å². The van der Waals surface area contributed by atoms with Gasteiger partial charge in [0.2, 0.25) is 0 Å². The van der Waals surface area contributed by atoms with Crippen LogP contribution in [0.25, 0.3) is 0 Å². The fraction of sp³-hybridized carbons (Fsp3) is 0. The Morgan fingerprint density at radius 3 is 2.10 bits per heavy atom. The zero-order chi connectivity index (χ0) is 15.6. The summed E-state index contributed by atoms with van der Waals surface area (Å²) >= 11 is 15.1. The number of halogens is 3. The van der Waals surface area contributed by atoms with Gasteiger partial charge in [0.15, 0.2) is 0 Å². The Balaban J connectivity index is 2.41. The van der Waals surface area contributed by atoms with Gasteiger partial charge in [-0.2, -0.15) is 5.26 Å². The molecule has 0 saturated heterocycles. The molecule has 2 aromatic carbocycles. The third-order valence-electron chi connectivity index (χ3n) is 2.50. The highest BCUT2D eigenvalue weighted by atomic mass is 79.9. The Morgan fingerprint density at radius 2 is 1.62 bits per heavy atom. The largest absolute Gasteiger partial charge is 0.280 e. The Morgan fingerprint density at radius 1 is 1.10 bits per heavy atom. The molecule has 0 atom stereocenters. The van der Waals surface area contributed by atoms with Crippen LogP contribution < -0.4 is 4.72 Å². The van der Waals surface area contributed by atoms with Gasteiger partial charge in [0.1, 0.15) is 4.90 Å². The van der Waals surface area contributed by atoms with Gasteiger partial charge >= 0.3 is 0 Å². The van der Waals surface area contributed by atoms with Gasteiger partial charge in [0.05, 0.1) is 21.7 Å². The highest BCUT2D eigenvalue weighted by Crippen LogP contribution is 2.33. The van der Waals surface area contributed by atoms with Gasteiger partial charge in [0, 0.05) is 10.2 Å². The third kappa shape index (κ3) is 3.69. The van der Waals surface area contributed by atoms with Crippen LogP contribution in [0.5, 0.6) is 0 Å². The quantitative estimate of drug-likeness (QED) is 0.820. The van der Waals surface area contributed by atoms with Crippen molar-refractivity contribution in [3.63, 3.8) is 0 Å². The number of anilines is 1. The lowest BCUT2D eigenvalue weighted by atomic mass is 10.2. The van der Waals surface area contributed by atoms with Crippen molar-refractivity contribution in [2.24, 2.45) is 0 Å². The molecule has 8 heteroatoms. The minimum absolute atomic E-state index is 0.00974. The molecule has 21 heavy (non-hydrogen) atoms. The number of nitriles is 1. The summed E-state index contributed by atoms with van der Waals surface area (Å²) in [7, 11) is -3.93. The van der Waals surface area contributed by atoms with Crippen LogP contribution in [0, 0.1) is 11.3 Å². The van der Waals surface area contributed by atoms with E-state index >= 15 is 0 Å². The molecule has 1 N–H and O–H groups in total. The monoisotopic (exact) mass is 404 g/mol. The number of hydrogen-bond donors (Lipinski definition) is 1. The average molecular weight is 406 g/mol. The molecular formula is C13H7BrCl2N2O2S. The maximum Gasteiger partial charge on any atom is 0.264 e. The molecule has 4 nitrogen and oxygen atoms in total. The van der Waals surface area contributed by atoms with Crippen LogP contribution >= 0.6 is 39.1 Å². The summed E-state index contributed by atoms with van der Waals surface area (Å²) in [6.07, 6.45) is 0. The summed E-state index contributed by atoms with van der Waals surface area (Å²) in [6.45, 7) is 0. The molecule has 2 rings (SSSR count). The highest BCUT2D eigenvalue weighted by Gasteiger charge is 2.22. The van der Waals surface area contributed by atoms with Crippen LogP contribution in [-0.4, -0.2) is 8.42 Å². The molecule has 0 saturated carbocycles. The summed E-state index contributed by atoms with van der Waals surface area (Å²) in [5.41, 5.74) is 0.738. The first-order chi connectivity index (χ1) is 9.83. The number of hydrogen-bond acceptors (Lipinski definition) is 3. The van der Waals surface area contributed by atoms with Crippen molar-refractivity contribution < 1.29 is 8.42 Å². The average Bonchev–Trinajstić information content (AvgIpc) is 2.37. The van der Waals surface area contributed by atoms with E-state index in [0.29, 0.717) is 15.7 Å². The van der Waals surface area contributed by atoms with E-state index in [9.17, 15) is 8.42 Å². The fourth-order valence-electron chi connectivity index (χ4n) is 1.60. The van der Waals surface area contributed by atoms with Crippen LogP contribution in [0.3, 0.4) is 0 Å². The van der Waals surface area contributed by atoms with E-state index in [1.54, 1.807) is 0 Å². The van der Waals surface area contributed by atoms with E-state index in [0.717, 1.165) is 0 Å². The molecule has 0 aliphatic rings. The summed E-state index contributed by atoms with van der Waals surface area (Å²) in [4.78, 5) is -0.196. The predicted molar refractivity (Wildman–Crippen MR) is 86.1 cm³/mol.